The lowest BCUT2D eigenvalue weighted by molar-refractivity contribution is 0.102. The summed E-state index contributed by atoms with van der Waals surface area (Å²) < 4.78 is 2.13. The van der Waals surface area contributed by atoms with E-state index in [1.54, 1.807) is 0 Å². The van der Waals surface area contributed by atoms with Crippen molar-refractivity contribution >= 4 is 29.0 Å². The van der Waals surface area contributed by atoms with Gasteiger partial charge in [-0.05, 0) is 38.5 Å². The van der Waals surface area contributed by atoms with Crippen molar-refractivity contribution in [2.45, 2.75) is 26.8 Å². The number of ketones is 1. The number of aryl methyl sites for hydroxylation is 1. The fraction of sp³-hybridized carbons (Fsp3) is 0.312. The van der Waals surface area contributed by atoms with E-state index >= 15 is 0 Å². The minimum atomic E-state index is -0.0441. The van der Waals surface area contributed by atoms with Crippen molar-refractivity contribution in [1.82, 2.24) is 4.57 Å². The van der Waals surface area contributed by atoms with Gasteiger partial charge in [-0.2, -0.15) is 0 Å². The maximum atomic E-state index is 11.9. The number of nitrogens with zero attached hydrogens (tertiary/aromatic N) is 1. The number of Topliss-reactive ketones (excluding diaryl/α,β-unsaturated/α-hetero) is 1. The van der Waals surface area contributed by atoms with Crippen LogP contribution in [0.25, 0.3) is 0 Å². The largest absolute Gasteiger partial charge is 0.341 e. The second-order valence-electron chi connectivity index (χ2n) is 4.91. The number of alkyl halides is 1. The summed E-state index contributed by atoms with van der Waals surface area (Å²) in [6, 6.07) is 9.74. The lowest BCUT2D eigenvalue weighted by Crippen LogP contribution is -2.12. The molecule has 0 aliphatic rings. The standard InChI is InChI=1S/C16H17Cl2NO/c1-10-8-14(16(20)9-17)12(3)19(10)11(2)13-6-4-5-7-15(13)18/h4-8,11H,9H2,1-3H3. The molecule has 1 unspecified atom stereocenters. The molecule has 0 saturated carbocycles. The number of aromatic nitrogens is 1. The number of benzene rings is 1. The molecule has 1 atom stereocenters. The second kappa shape index (κ2) is 6.02. The molecule has 0 radical (unpaired) electrons. The van der Waals surface area contributed by atoms with Crippen molar-refractivity contribution in [2.75, 3.05) is 5.88 Å². The summed E-state index contributed by atoms with van der Waals surface area (Å²) in [4.78, 5) is 11.9. The number of rotatable bonds is 4. The SMILES string of the molecule is Cc1cc(C(=O)CCl)c(C)n1C(C)c1ccccc1Cl. The van der Waals surface area contributed by atoms with Crippen molar-refractivity contribution in [3.63, 3.8) is 0 Å². The molecule has 0 spiro atoms. The summed E-state index contributed by atoms with van der Waals surface area (Å²) in [7, 11) is 0. The zero-order valence-electron chi connectivity index (χ0n) is 11.8. The first-order chi connectivity index (χ1) is 9.47. The Labute approximate surface area is 129 Å². The van der Waals surface area contributed by atoms with Crippen LogP contribution in [0.2, 0.25) is 5.02 Å². The van der Waals surface area contributed by atoms with E-state index in [0.29, 0.717) is 5.56 Å². The van der Waals surface area contributed by atoms with Gasteiger partial charge in [-0.1, -0.05) is 29.8 Å². The fourth-order valence-electron chi connectivity index (χ4n) is 2.68. The number of carbonyl (C=O) groups is 1. The maximum Gasteiger partial charge on any atom is 0.179 e. The highest BCUT2D eigenvalue weighted by molar-refractivity contribution is 6.31. The molecule has 0 aliphatic carbocycles. The summed E-state index contributed by atoms with van der Waals surface area (Å²) in [6.07, 6.45) is 0. The molecule has 2 rings (SSSR count). The van der Waals surface area contributed by atoms with Gasteiger partial charge in [0.05, 0.1) is 11.9 Å². The van der Waals surface area contributed by atoms with Gasteiger partial charge in [-0.3, -0.25) is 4.79 Å². The van der Waals surface area contributed by atoms with Crippen LogP contribution < -0.4 is 0 Å². The van der Waals surface area contributed by atoms with E-state index in [4.69, 9.17) is 23.2 Å². The minimum Gasteiger partial charge on any atom is -0.341 e. The molecule has 0 saturated heterocycles. The highest BCUT2D eigenvalue weighted by Gasteiger charge is 2.20. The van der Waals surface area contributed by atoms with Gasteiger partial charge in [0.15, 0.2) is 5.78 Å². The molecule has 106 valence electrons. The van der Waals surface area contributed by atoms with E-state index in [2.05, 4.69) is 11.5 Å². The van der Waals surface area contributed by atoms with Crippen LogP contribution in [0.3, 0.4) is 0 Å². The molecule has 0 fully saturated rings. The summed E-state index contributed by atoms with van der Waals surface area (Å²) in [6.45, 7) is 6.02. The van der Waals surface area contributed by atoms with Gasteiger partial charge in [0.25, 0.3) is 0 Å². The molecule has 20 heavy (non-hydrogen) atoms. The third-order valence-electron chi connectivity index (χ3n) is 3.65. The Kier molecular flexibility index (Phi) is 4.56. The molecule has 2 nitrogen and oxygen atoms in total. The Morgan fingerprint density at radius 2 is 1.95 bits per heavy atom. The van der Waals surface area contributed by atoms with E-state index in [9.17, 15) is 4.79 Å². The first kappa shape index (κ1) is 15.1. The van der Waals surface area contributed by atoms with E-state index < -0.39 is 0 Å². The van der Waals surface area contributed by atoms with Gasteiger partial charge < -0.3 is 4.57 Å². The number of hydrogen-bond acceptors (Lipinski definition) is 1. The van der Waals surface area contributed by atoms with E-state index in [1.807, 2.05) is 44.2 Å². The molecule has 1 aromatic carbocycles. The topological polar surface area (TPSA) is 22.0 Å². The Morgan fingerprint density at radius 1 is 1.30 bits per heavy atom. The molecule has 4 heteroatoms. The monoisotopic (exact) mass is 309 g/mol. The molecule has 2 aromatic rings. The fourth-order valence-corrected chi connectivity index (χ4v) is 3.12. The van der Waals surface area contributed by atoms with Crippen molar-refractivity contribution in [2.24, 2.45) is 0 Å². The lowest BCUT2D eigenvalue weighted by atomic mass is 10.1. The molecule has 0 aliphatic heterocycles. The van der Waals surface area contributed by atoms with E-state index in [-0.39, 0.29) is 17.7 Å². The normalized spacial score (nSPS) is 12.4. The molecule has 0 bridgehead atoms. The van der Waals surface area contributed by atoms with Crippen LogP contribution in [0.5, 0.6) is 0 Å². The molecular weight excluding hydrogens is 293 g/mol. The van der Waals surface area contributed by atoms with Crippen LogP contribution in [0.15, 0.2) is 30.3 Å². The average molecular weight is 310 g/mol. The highest BCUT2D eigenvalue weighted by Crippen LogP contribution is 2.30. The summed E-state index contributed by atoms with van der Waals surface area (Å²) in [5, 5.41) is 0.734. The second-order valence-corrected chi connectivity index (χ2v) is 5.58. The molecule has 0 N–H and O–H groups in total. The zero-order valence-corrected chi connectivity index (χ0v) is 13.3. The number of carbonyl (C=O) groups excluding carboxylic acids is 1. The summed E-state index contributed by atoms with van der Waals surface area (Å²) in [5.74, 6) is -0.0394. The highest BCUT2D eigenvalue weighted by atomic mass is 35.5. The summed E-state index contributed by atoms with van der Waals surface area (Å²) in [5.41, 5.74) is 3.70. The Hall–Kier alpha value is -1.25. The zero-order chi connectivity index (χ0) is 14.9. The number of halogens is 2. The van der Waals surface area contributed by atoms with E-state index in [1.165, 1.54) is 0 Å². The molecule has 0 amide bonds. The Morgan fingerprint density at radius 3 is 2.55 bits per heavy atom. The van der Waals surface area contributed by atoms with Crippen LogP contribution >= 0.6 is 23.2 Å². The number of hydrogen-bond donors (Lipinski definition) is 0. The van der Waals surface area contributed by atoms with Gasteiger partial charge in [0, 0.05) is 22.0 Å². The first-order valence-electron chi connectivity index (χ1n) is 6.49. The van der Waals surface area contributed by atoms with Gasteiger partial charge in [0.2, 0.25) is 0 Å². The van der Waals surface area contributed by atoms with Crippen LogP contribution in [0, 0.1) is 13.8 Å². The third-order valence-corrected chi connectivity index (χ3v) is 4.24. The predicted molar refractivity (Wildman–Crippen MR) is 84.2 cm³/mol. The van der Waals surface area contributed by atoms with Gasteiger partial charge in [0.1, 0.15) is 0 Å². The lowest BCUT2D eigenvalue weighted by Gasteiger charge is -2.20. The van der Waals surface area contributed by atoms with Gasteiger partial charge >= 0.3 is 0 Å². The van der Waals surface area contributed by atoms with Gasteiger partial charge in [-0.25, -0.2) is 0 Å². The van der Waals surface area contributed by atoms with Gasteiger partial charge in [-0.15, -0.1) is 11.6 Å². The molecular formula is C16H17Cl2NO. The van der Waals surface area contributed by atoms with Crippen molar-refractivity contribution in [3.8, 4) is 0 Å². The average Bonchev–Trinajstić information content (AvgIpc) is 2.73. The molecule has 1 heterocycles. The van der Waals surface area contributed by atoms with Crippen LogP contribution in [-0.4, -0.2) is 16.2 Å². The predicted octanol–water partition coefficient (Wildman–Crippen LogP) is 4.79. The minimum absolute atomic E-state index is 0.00473. The van der Waals surface area contributed by atoms with Crippen LogP contribution in [-0.2, 0) is 0 Å². The smallest absolute Gasteiger partial charge is 0.179 e. The van der Waals surface area contributed by atoms with Crippen molar-refractivity contribution in [1.29, 1.82) is 0 Å². The van der Waals surface area contributed by atoms with Crippen LogP contribution in [0.1, 0.15) is 40.3 Å². The van der Waals surface area contributed by atoms with Crippen LogP contribution in [0.4, 0.5) is 0 Å². The molecule has 1 aromatic heterocycles. The van der Waals surface area contributed by atoms with Crippen molar-refractivity contribution < 1.29 is 4.79 Å². The van der Waals surface area contributed by atoms with Crippen molar-refractivity contribution in [3.05, 3.63) is 57.9 Å². The Balaban J connectivity index is 2.51. The summed E-state index contributed by atoms with van der Waals surface area (Å²) >= 11 is 11.9. The third kappa shape index (κ3) is 2.63. The van der Waals surface area contributed by atoms with E-state index in [0.717, 1.165) is 22.0 Å². The first-order valence-corrected chi connectivity index (χ1v) is 7.40. The Bertz CT molecular complexity index is 646. The quantitative estimate of drug-likeness (QED) is 0.588. The maximum absolute atomic E-state index is 11.9.